The molecule has 7 nitrogen and oxygen atoms in total. The van der Waals surface area contributed by atoms with Gasteiger partial charge in [-0.3, -0.25) is 14.4 Å². The summed E-state index contributed by atoms with van der Waals surface area (Å²) in [4.78, 5) is 41.8. The standard InChI is InChI=1S/C27H24F2N2O5/c1-35-23-11-6-17(14-24(23)36-2)12-13-30(26(33)18-4-3-5-20(29)15-18)22-16-25(32)31(27(22)34)21-9-7-19(28)8-10-21/h3-11,14-15,22H,12-13,16H2,1-2H3/t22-/m0/s1. The zero-order valence-corrected chi connectivity index (χ0v) is 19.7. The lowest BCUT2D eigenvalue weighted by Crippen LogP contribution is -2.46. The fourth-order valence-electron chi connectivity index (χ4n) is 4.19. The number of hydrogen-bond donors (Lipinski definition) is 0. The number of ether oxygens (including phenoxy) is 2. The predicted molar refractivity (Wildman–Crippen MR) is 128 cm³/mol. The second kappa shape index (κ2) is 10.6. The third-order valence-corrected chi connectivity index (χ3v) is 6.01. The molecular weight excluding hydrogens is 470 g/mol. The number of carbonyl (C=O) groups is 3. The van der Waals surface area contributed by atoms with E-state index in [1.807, 2.05) is 0 Å². The van der Waals surface area contributed by atoms with E-state index in [1.54, 1.807) is 18.2 Å². The van der Waals surface area contributed by atoms with E-state index in [0.29, 0.717) is 17.9 Å². The summed E-state index contributed by atoms with van der Waals surface area (Å²) in [5.41, 5.74) is 1.08. The van der Waals surface area contributed by atoms with Crippen LogP contribution in [0.25, 0.3) is 0 Å². The Morgan fingerprint density at radius 3 is 2.33 bits per heavy atom. The predicted octanol–water partition coefficient (Wildman–Crippen LogP) is 4.00. The highest BCUT2D eigenvalue weighted by molar-refractivity contribution is 6.23. The fraction of sp³-hybridized carbons (Fsp3) is 0.222. The summed E-state index contributed by atoms with van der Waals surface area (Å²) in [5.74, 6) is -1.76. The molecule has 1 aliphatic rings. The number of nitrogens with zero attached hydrogens (tertiary/aromatic N) is 2. The molecule has 186 valence electrons. The van der Waals surface area contributed by atoms with Crippen LogP contribution in [0.4, 0.5) is 14.5 Å². The van der Waals surface area contributed by atoms with Gasteiger partial charge in [0.1, 0.15) is 17.7 Å². The number of amides is 3. The SMILES string of the molecule is COc1ccc(CCN(C(=O)c2cccc(F)c2)[C@H]2CC(=O)N(c3ccc(F)cc3)C2=O)cc1OC. The van der Waals surface area contributed by atoms with Crippen molar-refractivity contribution in [2.24, 2.45) is 0 Å². The minimum Gasteiger partial charge on any atom is -0.493 e. The summed E-state index contributed by atoms with van der Waals surface area (Å²) >= 11 is 0. The van der Waals surface area contributed by atoms with Gasteiger partial charge in [0.2, 0.25) is 5.91 Å². The van der Waals surface area contributed by atoms with Crippen molar-refractivity contribution in [2.45, 2.75) is 18.9 Å². The van der Waals surface area contributed by atoms with Crippen LogP contribution in [-0.2, 0) is 16.0 Å². The molecule has 1 aliphatic heterocycles. The van der Waals surface area contributed by atoms with Gasteiger partial charge in [-0.15, -0.1) is 0 Å². The molecule has 0 unspecified atom stereocenters. The Bertz CT molecular complexity index is 1300. The van der Waals surface area contributed by atoms with E-state index >= 15 is 0 Å². The minimum atomic E-state index is -1.10. The van der Waals surface area contributed by atoms with E-state index in [0.717, 1.165) is 28.7 Å². The third kappa shape index (κ3) is 5.05. The smallest absolute Gasteiger partial charge is 0.257 e. The Morgan fingerprint density at radius 1 is 0.944 bits per heavy atom. The van der Waals surface area contributed by atoms with Gasteiger partial charge in [0.05, 0.1) is 26.3 Å². The molecule has 3 amide bonds. The van der Waals surface area contributed by atoms with Crippen molar-refractivity contribution in [3.8, 4) is 11.5 Å². The molecule has 3 aromatic carbocycles. The van der Waals surface area contributed by atoms with Gasteiger partial charge in [0.25, 0.3) is 11.8 Å². The fourth-order valence-corrected chi connectivity index (χ4v) is 4.19. The highest BCUT2D eigenvalue weighted by Gasteiger charge is 2.44. The molecule has 0 N–H and O–H groups in total. The second-order valence-corrected chi connectivity index (χ2v) is 8.21. The molecule has 1 fully saturated rings. The number of imide groups is 1. The summed E-state index contributed by atoms with van der Waals surface area (Å²) in [6, 6.07) is 14.3. The van der Waals surface area contributed by atoms with E-state index in [9.17, 15) is 23.2 Å². The van der Waals surface area contributed by atoms with Crippen LogP contribution in [0.1, 0.15) is 22.3 Å². The molecule has 4 rings (SSSR count). The number of halogens is 2. The molecule has 1 saturated heterocycles. The van der Waals surface area contributed by atoms with E-state index in [4.69, 9.17) is 9.47 Å². The molecule has 0 aliphatic carbocycles. The lowest BCUT2D eigenvalue weighted by atomic mass is 10.1. The zero-order valence-electron chi connectivity index (χ0n) is 19.7. The first-order valence-corrected chi connectivity index (χ1v) is 11.2. The Kier molecular flexibility index (Phi) is 7.28. The van der Waals surface area contributed by atoms with E-state index in [1.165, 1.54) is 49.5 Å². The third-order valence-electron chi connectivity index (χ3n) is 6.01. The van der Waals surface area contributed by atoms with Crippen molar-refractivity contribution >= 4 is 23.4 Å². The van der Waals surface area contributed by atoms with Gasteiger partial charge < -0.3 is 14.4 Å². The summed E-state index contributed by atoms with van der Waals surface area (Å²) in [7, 11) is 3.03. The number of benzene rings is 3. The quantitative estimate of drug-likeness (QED) is 0.443. The average molecular weight is 494 g/mol. The first kappa shape index (κ1) is 24.8. The monoisotopic (exact) mass is 494 g/mol. The molecule has 0 bridgehead atoms. The lowest BCUT2D eigenvalue weighted by molar-refractivity contribution is -0.122. The first-order chi connectivity index (χ1) is 17.3. The van der Waals surface area contributed by atoms with Crippen LogP contribution >= 0.6 is 0 Å². The number of rotatable bonds is 8. The maximum Gasteiger partial charge on any atom is 0.257 e. The number of carbonyl (C=O) groups excluding carboxylic acids is 3. The van der Waals surface area contributed by atoms with Crippen LogP contribution in [-0.4, -0.2) is 49.4 Å². The van der Waals surface area contributed by atoms with Crippen LogP contribution in [0.3, 0.4) is 0 Å². The second-order valence-electron chi connectivity index (χ2n) is 8.21. The largest absolute Gasteiger partial charge is 0.493 e. The zero-order chi connectivity index (χ0) is 25.8. The van der Waals surface area contributed by atoms with Crippen LogP contribution in [0.15, 0.2) is 66.7 Å². The van der Waals surface area contributed by atoms with Crippen molar-refractivity contribution in [3.05, 3.63) is 89.5 Å². The van der Waals surface area contributed by atoms with E-state index in [-0.39, 0.29) is 24.2 Å². The molecule has 0 saturated carbocycles. The summed E-state index contributed by atoms with van der Waals surface area (Å²) < 4.78 is 37.8. The van der Waals surface area contributed by atoms with Gasteiger partial charge >= 0.3 is 0 Å². The Hall–Kier alpha value is -4.27. The van der Waals surface area contributed by atoms with Crippen LogP contribution in [0.5, 0.6) is 11.5 Å². The molecule has 1 heterocycles. The molecule has 3 aromatic rings. The van der Waals surface area contributed by atoms with Crippen molar-refractivity contribution in [1.29, 1.82) is 0 Å². The van der Waals surface area contributed by atoms with E-state index in [2.05, 4.69) is 0 Å². The van der Waals surface area contributed by atoms with Gasteiger partial charge in [0.15, 0.2) is 11.5 Å². The first-order valence-electron chi connectivity index (χ1n) is 11.2. The van der Waals surface area contributed by atoms with Crippen LogP contribution in [0.2, 0.25) is 0 Å². The topological polar surface area (TPSA) is 76.2 Å². The van der Waals surface area contributed by atoms with Crippen molar-refractivity contribution in [2.75, 3.05) is 25.7 Å². The summed E-state index contributed by atoms with van der Waals surface area (Å²) in [6.45, 7) is 0.0752. The van der Waals surface area contributed by atoms with Gasteiger partial charge in [-0.2, -0.15) is 0 Å². The Labute approximate surface area is 206 Å². The van der Waals surface area contributed by atoms with Gasteiger partial charge in [-0.05, 0) is 66.6 Å². The summed E-state index contributed by atoms with van der Waals surface area (Å²) in [6.07, 6.45) is 0.0825. The number of methoxy groups -OCH3 is 2. The Morgan fingerprint density at radius 2 is 1.67 bits per heavy atom. The number of hydrogen-bond acceptors (Lipinski definition) is 5. The van der Waals surface area contributed by atoms with Gasteiger partial charge in [-0.25, -0.2) is 13.7 Å². The van der Waals surface area contributed by atoms with Crippen LogP contribution in [0, 0.1) is 11.6 Å². The van der Waals surface area contributed by atoms with Gasteiger partial charge in [-0.1, -0.05) is 12.1 Å². The average Bonchev–Trinajstić information content (AvgIpc) is 3.17. The molecule has 0 spiro atoms. The van der Waals surface area contributed by atoms with Crippen molar-refractivity contribution in [3.63, 3.8) is 0 Å². The van der Waals surface area contributed by atoms with Gasteiger partial charge in [0, 0.05) is 12.1 Å². The highest BCUT2D eigenvalue weighted by Crippen LogP contribution is 2.30. The van der Waals surface area contributed by atoms with Crippen LogP contribution < -0.4 is 14.4 Å². The number of anilines is 1. The minimum absolute atomic E-state index is 0.0581. The highest BCUT2D eigenvalue weighted by atomic mass is 19.1. The van der Waals surface area contributed by atoms with Crippen molar-refractivity contribution in [1.82, 2.24) is 4.90 Å². The lowest BCUT2D eigenvalue weighted by Gasteiger charge is -2.28. The normalized spacial score (nSPS) is 15.2. The molecule has 9 heteroatoms. The Balaban J connectivity index is 1.64. The molecule has 0 radical (unpaired) electrons. The molecule has 36 heavy (non-hydrogen) atoms. The molecule has 0 aromatic heterocycles. The van der Waals surface area contributed by atoms with Crippen molar-refractivity contribution < 1.29 is 32.6 Å². The maximum absolute atomic E-state index is 13.9. The summed E-state index contributed by atoms with van der Waals surface area (Å²) in [5, 5.41) is 0. The molecule has 1 atom stereocenters. The maximum atomic E-state index is 13.9. The van der Waals surface area contributed by atoms with E-state index < -0.39 is 35.4 Å². The molecular formula is C27H24F2N2O5.